The largest absolute Gasteiger partial charge is 0.449 e. The van der Waals surface area contributed by atoms with Crippen LogP contribution in [0.15, 0.2) is 34.7 Å². The molecule has 0 bridgehead atoms. The van der Waals surface area contributed by atoms with Crippen molar-refractivity contribution in [1.29, 1.82) is 0 Å². The second-order valence-electron chi connectivity index (χ2n) is 6.29. The molecule has 0 aromatic rings. The summed E-state index contributed by atoms with van der Waals surface area (Å²) >= 11 is 0. The number of nitrogens with two attached hydrogens (primary N) is 2. The zero-order valence-corrected chi connectivity index (χ0v) is 12.3. The van der Waals surface area contributed by atoms with Crippen molar-refractivity contribution in [2.45, 2.75) is 25.0 Å². The highest BCUT2D eigenvalue weighted by atomic mass is 16.5. The van der Waals surface area contributed by atoms with Crippen molar-refractivity contribution in [3.8, 4) is 0 Å². The molecule has 4 aliphatic rings. The Morgan fingerprint density at radius 2 is 2.27 bits per heavy atom. The Balaban J connectivity index is 1.76. The van der Waals surface area contributed by atoms with Crippen LogP contribution in [0.2, 0.25) is 0 Å². The van der Waals surface area contributed by atoms with E-state index < -0.39 is 6.09 Å². The van der Waals surface area contributed by atoms with Crippen molar-refractivity contribution < 1.29 is 14.3 Å². The van der Waals surface area contributed by atoms with E-state index in [1.54, 1.807) is 6.92 Å². The maximum Gasteiger partial charge on any atom is 0.404 e. The van der Waals surface area contributed by atoms with E-state index in [2.05, 4.69) is 16.8 Å². The number of carbonyl (C=O) groups is 2. The molecule has 0 radical (unpaired) electrons. The Kier molecular flexibility index (Phi) is 2.51. The van der Waals surface area contributed by atoms with E-state index in [0.29, 0.717) is 34.6 Å². The van der Waals surface area contributed by atoms with Crippen molar-refractivity contribution in [2.24, 2.45) is 17.4 Å². The summed E-state index contributed by atoms with van der Waals surface area (Å²) in [6.45, 7) is 6.70. The predicted molar refractivity (Wildman–Crippen MR) is 78.3 cm³/mol. The van der Waals surface area contributed by atoms with Gasteiger partial charge < -0.3 is 26.4 Å². The number of nitrogens with zero attached hydrogens (tertiary/aromatic N) is 1. The van der Waals surface area contributed by atoms with Crippen LogP contribution in [0.1, 0.15) is 6.92 Å². The summed E-state index contributed by atoms with van der Waals surface area (Å²) in [5.41, 5.74) is 14.3. The van der Waals surface area contributed by atoms with Crippen LogP contribution in [0.4, 0.5) is 4.79 Å². The van der Waals surface area contributed by atoms with Crippen LogP contribution in [-0.4, -0.2) is 48.1 Å². The summed E-state index contributed by atoms with van der Waals surface area (Å²) in [5.74, 6) is -0.177. The second-order valence-corrected chi connectivity index (χ2v) is 6.29. The number of hydrogen-bond donors (Lipinski definition) is 3. The van der Waals surface area contributed by atoms with Gasteiger partial charge in [0.2, 0.25) is 5.78 Å². The van der Waals surface area contributed by atoms with Gasteiger partial charge in [-0.25, -0.2) is 4.79 Å². The average Bonchev–Trinajstić information content (AvgIpc) is 3.01. The molecule has 0 saturated carbocycles. The van der Waals surface area contributed by atoms with Crippen molar-refractivity contribution in [2.75, 3.05) is 13.2 Å². The van der Waals surface area contributed by atoms with E-state index in [1.165, 1.54) is 0 Å². The molecule has 4 atom stereocenters. The number of hydrogen-bond acceptors (Lipinski definition) is 6. The molecule has 1 aliphatic carbocycles. The van der Waals surface area contributed by atoms with E-state index in [0.717, 1.165) is 12.1 Å². The molecular weight excluding hydrogens is 284 g/mol. The van der Waals surface area contributed by atoms with E-state index in [-0.39, 0.29) is 24.3 Å². The molecule has 3 unspecified atom stereocenters. The summed E-state index contributed by atoms with van der Waals surface area (Å²) in [6.07, 6.45) is -0.814. The van der Waals surface area contributed by atoms with Crippen LogP contribution in [-0.2, 0) is 9.53 Å². The Hall–Kier alpha value is -2.28. The SMILES string of the molecule is C=C1C(N)=C(C)C(=O)C2=C1[C@@H](COC(N)=O)C1C3NC3CN21. The topological polar surface area (TPSA) is 121 Å². The maximum atomic E-state index is 12.7. The van der Waals surface area contributed by atoms with E-state index >= 15 is 0 Å². The van der Waals surface area contributed by atoms with Gasteiger partial charge in [-0.15, -0.1) is 0 Å². The number of nitrogens with one attached hydrogen (secondary N) is 1. The smallest absolute Gasteiger partial charge is 0.404 e. The lowest BCUT2D eigenvalue weighted by atomic mass is 9.82. The Morgan fingerprint density at radius 1 is 1.55 bits per heavy atom. The Labute approximate surface area is 127 Å². The van der Waals surface area contributed by atoms with E-state index in [4.69, 9.17) is 16.2 Å². The number of rotatable bonds is 2. The van der Waals surface area contributed by atoms with Gasteiger partial charge in [-0.1, -0.05) is 6.58 Å². The molecule has 116 valence electrons. The minimum atomic E-state index is -0.814. The number of primary amides is 1. The molecule has 2 fully saturated rings. The molecule has 3 aliphatic heterocycles. The second kappa shape index (κ2) is 4.13. The first kappa shape index (κ1) is 13.4. The zero-order chi connectivity index (χ0) is 15.8. The van der Waals surface area contributed by atoms with Gasteiger partial charge in [0.1, 0.15) is 6.61 Å². The lowest BCUT2D eigenvalue weighted by Gasteiger charge is -2.27. The molecular formula is C15H18N4O3. The van der Waals surface area contributed by atoms with Gasteiger partial charge in [0.25, 0.3) is 0 Å². The molecule has 5 N–H and O–H groups in total. The monoisotopic (exact) mass is 302 g/mol. The van der Waals surface area contributed by atoms with Crippen LogP contribution >= 0.6 is 0 Å². The Bertz CT molecular complexity index is 693. The summed E-state index contributed by atoms with van der Waals surface area (Å²) in [7, 11) is 0. The van der Waals surface area contributed by atoms with E-state index in [1.807, 2.05) is 0 Å². The predicted octanol–water partition coefficient (Wildman–Crippen LogP) is -0.638. The summed E-state index contributed by atoms with van der Waals surface area (Å²) < 4.78 is 5.04. The third kappa shape index (κ3) is 1.54. The van der Waals surface area contributed by atoms with Crippen LogP contribution in [0.5, 0.6) is 0 Å². The molecule has 2 saturated heterocycles. The van der Waals surface area contributed by atoms with Gasteiger partial charge in [0.05, 0.1) is 11.7 Å². The van der Waals surface area contributed by atoms with Gasteiger partial charge in [-0.3, -0.25) is 4.79 Å². The molecule has 1 amide bonds. The Morgan fingerprint density at radius 3 is 2.95 bits per heavy atom. The third-order valence-corrected chi connectivity index (χ3v) is 5.19. The van der Waals surface area contributed by atoms with Crippen molar-refractivity contribution in [3.05, 3.63) is 34.7 Å². The first-order valence-electron chi connectivity index (χ1n) is 7.31. The fourth-order valence-electron chi connectivity index (χ4n) is 4.08. The quantitative estimate of drug-likeness (QED) is 0.584. The normalized spacial score (nSPS) is 35.6. The van der Waals surface area contributed by atoms with Gasteiger partial charge >= 0.3 is 6.09 Å². The molecule has 0 aromatic heterocycles. The first-order chi connectivity index (χ1) is 10.4. The van der Waals surface area contributed by atoms with Crippen LogP contribution in [0.3, 0.4) is 0 Å². The number of ether oxygens (including phenoxy) is 1. The van der Waals surface area contributed by atoms with E-state index in [9.17, 15) is 9.59 Å². The van der Waals surface area contributed by atoms with Crippen LogP contribution in [0.25, 0.3) is 0 Å². The van der Waals surface area contributed by atoms with Crippen molar-refractivity contribution in [1.82, 2.24) is 10.2 Å². The molecule has 3 heterocycles. The van der Waals surface area contributed by atoms with Crippen LogP contribution < -0.4 is 16.8 Å². The molecule has 7 nitrogen and oxygen atoms in total. The number of allylic oxidation sites excluding steroid dienone is 2. The van der Waals surface area contributed by atoms with Gasteiger partial charge in [0, 0.05) is 35.8 Å². The molecule has 4 rings (SSSR count). The molecule has 7 heteroatoms. The van der Waals surface area contributed by atoms with Crippen LogP contribution in [0, 0.1) is 5.92 Å². The minimum absolute atomic E-state index is 0.0484. The summed E-state index contributed by atoms with van der Waals surface area (Å²) in [6, 6.07) is 0.808. The molecule has 22 heavy (non-hydrogen) atoms. The maximum absolute atomic E-state index is 12.7. The van der Waals surface area contributed by atoms with Gasteiger partial charge in [-0.05, 0) is 18.1 Å². The number of piperazine rings is 1. The summed E-state index contributed by atoms with van der Waals surface area (Å²) in [5, 5.41) is 3.39. The number of amides is 1. The number of Topliss-reactive ketones (excluding diaryl/α,β-unsaturated/α-hetero) is 1. The highest BCUT2D eigenvalue weighted by Crippen LogP contribution is 2.50. The first-order valence-corrected chi connectivity index (χ1v) is 7.31. The average molecular weight is 302 g/mol. The highest BCUT2D eigenvalue weighted by molar-refractivity contribution is 6.11. The number of fused-ring (bicyclic) bond motifs is 4. The minimum Gasteiger partial charge on any atom is -0.449 e. The number of ketones is 1. The standard InChI is InChI=1S/C15H18N4O3/c1-5-9-7(4-22-15(17)21)12-11-8(18-11)3-19(12)13(9)14(20)6(2)10(5)16/h7-8,11-12,18H,1,3-4,16H2,2H3,(H2,17,21)/t7-,8?,11?,12?/m1/s1. The lowest BCUT2D eigenvalue weighted by Crippen LogP contribution is -2.39. The summed E-state index contributed by atoms with van der Waals surface area (Å²) in [4.78, 5) is 25.8. The lowest BCUT2D eigenvalue weighted by molar-refractivity contribution is -0.113. The van der Waals surface area contributed by atoms with Crippen molar-refractivity contribution >= 4 is 11.9 Å². The fraction of sp³-hybridized carbons (Fsp3) is 0.467. The molecule has 0 spiro atoms. The third-order valence-electron chi connectivity index (χ3n) is 5.19. The van der Waals surface area contributed by atoms with Gasteiger partial charge in [-0.2, -0.15) is 0 Å². The van der Waals surface area contributed by atoms with Gasteiger partial charge in [0.15, 0.2) is 0 Å². The zero-order valence-electron chi connectivity index (χ0n) is 12.3. The molecule has 0 aromatic carbocycles. The van der Waals surface area contributed by atoms with Crippen molar-refractivity contribution in [3.63, 3.8) is 0 Å². The highest BCUT2D eigenvalue weighted by Gasteiger charge is 2.61. The fourth-order valence-corrected chi connectivity index (χ4v) is 4.08. The number of carbonyl (C=O) groups excluding carboxylic acids is 2.